The first-order valence-electron chi connectivity index (χ1n) is 16.2. The lowest BCUT2D eigenvalue weighted by molar-refractivity contribution is -0.124. The molecule has 12 unspecified atom stereocenters. The van der Waals surface area contributed by atoms with Crippen LogP contribution in [0.3, 0.4) is 0 Å². The van der Waals surface area contributed by atoms with Crippen LogP contribution >= 0.6 is 0 Å². The van der Waals surface area contributed by atoms with Crippen LogP contribution < -0.4 is 34.3 Å². The number of hydrogen-bond acceptors (Lipinski definition) is 19. The van der Waals surface area contributed by atoms with Crippen molar-refractivity contribution in [2.45, 2.75) is 72.7 Å². The van der Waals surface area contributed by atoms with Crippen molar-refractivity contribution < 1.29 is 62.4 Å². The molecule has 3 saturated heterocycles. The van der Waals surface area contributed by atoms with Crippen molar-refractivity contribution in [3.05, 3.63) is 101 Å². The molecule has 0 aliphatic carbocycles. The van der Waals surface area contributed by atoms with Crippen LogP contribution in [0.4, 0.5) is 35.0 Å². The minimum atomic E-state index is -2.25. The van der Waals surface area contributed by atoms with Crippen molar-refractivity contribution in [3.63, 3.8) is 0 Å². The maximum absolute atomic E-state index is 14.1. The summed E-state index contributed by atoms with van der Waals surface area (Å²) in [7, 11) is 0. The van der Waals surface area contributed by atoms with E-state index in [0.29, 0.717) is 10.8 Å². The molecule has 59 heavy (non-hydrogen) atoms. The highest BCUT2D eigenvalue weighted by atomic mass is 19.1. The molecular weight excluding hydrogens is 812 g/mol. The van der Waals surface area contributed by atoms with Gasteiger partial charge in [-0.2, -0.15) is 15.0 Å². The number of ether oxygens (including phenoxy) is 3. The third-order valence-electron chi connectivity index (χ3n) is 8.81. The summed E-state index contributed by atoms with van der Waals surface area (Å²) in [5, 5.41) is 59.4. The Kier molecular flexibility index (Phi) is 13.6. The van der Waals surface area contributed by atoms with E-state index < -0.39 is 121 Å². The fourth-order valence-electron chi connectivity index (χ4n) is 5.59. The Morgan fingerprint density at radius 2 is 1.14 bits per heavy atom. The molecule has 3 aliphatic rings. The van der Waals surface area contributed by atoms with Crippen LogP contribution in [0, 0.1) is 19.0 Å². The van der Waals surface area contributed by atoms with Crippen LogP contribution in [0.2, 0.25) is 0 Å². The topological polar surface area (TPSA) is 389 Å². The summed E-state index contributed by atoms with van der Waals surface area (Å²) in [4.78, 5) is 52.8. The van der Waals surface area contributed by atoms with Crippen LogP contribution in [0.5, 0.6) is 0 Å². The van der Waals surface area contributed by atoms with Gasteiger partial charge in [-0.25, -0.2) is 45.1 Å². The van der Waals surface area contributed by atoms with Gasteiger partial charge in [-0.05, 0) is 17.7 Å². The Balaban J connectivity index is 0.000000196. The molecule has 6 heterocycles. The van der Waals surface area contributed by atoms with Gasteiger partial charge in [0.2, 0.25) is 5.72 Å². The van der Waals surface area contributed by atoms with E-state index >= 15 is 0 Å². The Morgan fingerprint density at radius 3 is 1.51 bits per heavy atom. The second-order valence-electron chi connectivity index (χ2n) is 12.4. The molecule has 30 heteroatoms. The first kappa shape index (κ1) is 45.4. The number of hydrogen-bond donors (Lipinski definition) is 9. The van der Waals surface area contributed by atoms with Gasteiger partial charge in [-0.1, -0.05) is 5.11 Å². The normalized spacial score (nSPS) is 33.3. The van der Waals surface area contributed by atoms with Gasteiger partial charge < -0.3 is 52.6 Å². The zero-order chi connectivity index (χ0) is 44.2. The lowest BCUT2D eigenvalue weighted by Gasteiger charge is -2.23. The fraction of sp³-hybridized carbons (Fsp3) is 0.517. The monoisotopic (exact) mass is 844 g/mol. The number of halogens is 4. The van der Waals surface area contributed by atoms with Gasteiger partial charge in [0.05, 0.1) is 12.8 Å². The first-order valence-corrected chi connectivity index (χ1v) is 16.2. The summed E-state index contributed by atoms with van der Waals surface area (Å²) in [6.45, 7) is 10.9. The van der Waals surface area contributed by atoms with Crippen LogP contribution in [0.1, 0.15) is 18.7 Å². The zero-order valence-corrected chi connectivity index (χ0v) is 29.5. The molecule has 0 radical (unpaired) electrons. The summed E-state index contributed by atoms with van der Waals surface area (Å²) in [6, 6.07) is 2.48. The third kappa shape index (κ3) is 8.34. The van der Waals surface area contributed by atoms with Crippen LogP contribution in [-0.4, -0.2) is 133 Å². The first-order chi connectivity index (χ1) is 27.8. The van der Waals surface area contributed by atoms with Gasteiger partial charge >= 0.3 is 28.5 Å². The molecule has 12 atom stereocenters. The SMILES string of the molecule is [C-]#[N+]C1(CO)OC(n2cc(F)c(N)nc2=O)C(F)C1O.[C-]#[N+]C1(CO)OC(n2ccc(N)nc2=O)C(F)C1O.[N-]=[N+]=NC1(CO)OC(n2ccc(N)nc2=O)C(F)C1O. The molecule has 0 aromatic carbocycles. The standard InChI is InChI=1S/C10H10F2N4O4.C10H11FN4O4.C9H11FN6O4/c1-14-10(3-17)6(18)5(12)8(20-10)16-2-4(11)7(13)15-9(16)19;1-13-10(4-16)7(17)6(11)8(19-10)15-3-2-5(12)14-9(15)18;10-5-6(18)9(3-17,14-15-12)20-7(5)16-2-1-4(11)13-8(16)19/h2,5-6,8,17-18H,3H2,(H2,13,15,19);2-3,6-8,16-17H,4H2,(H2,12,14,18);1-2,5-7,17-18H,3H2,(H2,11,13,19). The average Bonchev–Trinajstić information content (AvgIpc) is 3.72. The zero-order valence-electron chi connectivity index (χ0n) is 29.5. The van der Waals surface area contributed by atoms with E-state index in [2.05, 4.69) is 34.7 Å². The summed E-state index contributed by atoms with van der Waals surface area (Å²) < 4.78 is 72.3. The number of rotatable bonds is 7. The number of nitrogen functional groups attached to an aromatic ring is 3. The molecule has 0 spiro atoms. The van der Waals surface area contributed by atoms with Crippen LogP contribution in [0.25, 0.3) is 20.1 Å². The number of aliphatic hydroxyl groups is 6. The number of aromatic nitrogens is 6. The van der Waals surface area contributed by atoms with Crippen molar-refractivity contribution in [2.75, 3.05) is 37.0 Å². The van der Waals surface area contributed by atoms with E-state index in [9.17, 15) is 52.4 Å². The van der Waals surface area contributed by atoms with Gasteiger partial charge in [0.25, 0.3) is 0 Å². The van der Waals surface area contributed by atoms with Crippen molar-refractivity contribution in [3.8, 4) is 0 Å². The molecular formula is C29H32F4N14O12. The molecule has 318 valence electrons. The van der Waals surface area contributed by atoms with Gasteiger partial charge in [0.1, 0.15) is 17.7 Å². The smallest absolute Gasteiger partial charge is 0.390 e. The second-order valence-corrected chi connectivity index (χ2v) is 12.4. The minimum absolute atomic E-state index is 0.0474. The number of alkyl halides is 3. The maximum Gasteiger partial charge on any atom is 0.390 e. The number of aliphatic hydroxyl groups excluding tert-OH is 6. The largest absolute Gasteiger partial charge is 0.393 e. The van der Waals surface area contributed by atoms with Crippen molar-refractivity contribution >= 4 is 17.5 Å². The Bertz CT molecular complexity index is 2340. The highest BCUT2D eigenvalue weighted by Gasteiger charge is 2.63. The summed E-state index contributed by atoms with van der Waals surface area (Å²) in [5.74, 6) is -1.87. The summed E-state index contributed by atoms with van der Waals surface area (Å²) >= 11 is 0. The number of anilines is 3. The van der Waals surface area contributed by atoms with E-state index in [0.717, 1.165) is 21.5 Å². The number of nitrogens with two attached hydrogens (primary N) is 3. The number of nitrogens with zero attached hydrogens (tertiary/aromatic N) is 11. The van der Waals surface area contributed by atoms with Gasteiger partial charge in [-0.15, -0.1) is 0 Å². The maximum atomic E-state index is 14.1. The van der Waals surface area contributed by atoms with Crippen molar-refractivity contribution in [2.24, 2.45) is 5.11 Å². The van der Waals surface area contributed by atoms with Gasteiger partial charge in [0, 0.05) is 17.3 Å². The minimum Gasteiger partial charge on any atom is -0.393 e. The molecule has 6 rings (SSSR count). The Labute approximate surface area is 324 Å². The van der Waals surface area contributed by atoms with Crippen LogP contribution in [-0.2, 0) is 14.2 Å². The second kappa shape index (κ2) is 17.7. The predicted octanol–water partition coefficient (Wildman–Crippen LogP) is -3.49. The van der Waals surface area contributed by atoms with E-state index in [1.54, 1.807) is 0 Å². The molecule has 3 aromatic heterocycles. The molecule has 0 saturated carbocycles. The van der Waals surface area contributed by atoms with Crippen molar-refractivity contribution in [1.82, 2.24) is 28.7 Å². The molecule has 12 N–H and O–H groups in total. The lowest BCUT2D eigenvalue weighted by atomic mass is 10.1. The summed E-state index contributed by atoms with van der Waals surface area (Å²) in [5.41, 5.74) is 14.6. The molecule has 3 fully saturated rings. The lowest BCUT2D eigenvalue weighted by Crippen LogP contribution is -2.43. The van der Waals surface area contributed by atoms with E-state index in [4.69, 9.17) is 60.3 Å². The molecule has 0 amide bonds. The molecule has 26 nitrogen and oxygen atoms in total. The highest BCUT2D eigenvalue weighted by molar-refractivity contribution is 5.27. The van der Waals surface area contributed by atoms with E-state index in [1.165, 1.54) is 12.1 Å². The van der Waals surface area contributed by atoms with Gasteiger partial charge in [0.15, 0.2) is 74.3 Å². The highest BCUT2D eigenvalue weighted by Crippen LogP contribution is 2.41. The van der Waals surface area contributed by atoms with E-state index in [-0.39, 0.29) is 11.6 Å². The molecule has 0 bridgehead atoms. The third-order valence-corrected chi connectivity index (χ3v) is 8.81. The Hall–Kier alpha value is -6.31. The molecule has 3 aromatic rings. The summed E-state index contributed by atoms with van der Waals surface area (Å²) in [6.07, 6.45) is -14.3. The quantitative estimate of drug-likeness (QED) is 0.0366. The number of azide groups is 1. The molecule has 3 aliphatic heterocycles. The van der Waals surface area contributed by atoms with E-state index in [1.807, 2.05) is 0 Å². The van der Waals surface area contributed by atoms with Crippen LogP contribution in [0.15, 0.2) is 50.2 Å². The van der Waals surface area contributed by atoms with Gasteiger partial charge in [-0.3, -0.25) is 32.9 Å². The predicted molar refractivity (Wildman–Crippen MR) is 184 cm³/mol. The van der Waals surface area contributed by atoms with Crippen molar-refractivity contribution in [1.29, 1.82) is 0 Å². The fourth-order valence-corrected chi connectivity index (χ4v) is 5.59. The Morgan fingerprint density at radius 1 is 0.729 bits per heavy atom. The average molecular weight is 845 g/mol.